The van der Waals surface area contributed by atoms with Crippen LogP contribution in [0, 0.1) is 0 Å². The van der Waals surface area contributed by atoms with Crippen molar-refractivity contribution in [2.24, 2.45) is 0 Å². The van der Waals surface area contributed by atoms with Gasteiger partial charge in [0, 0.05) is 6.42 Å². The van der Waals surface area contributed by atoms with E-state index in [1.165, 1.54) is 56.3 Å². The zero-order chi connectivity index (χ0) is 10.9. The van der Waals surface area contributed by atoms with Gasteiger partial charge in [-0.15, -0.1) is 6.58 Å². The van der Waals surface area contributed by atoms with Crippen molar-refractivity contribution in [3.8, 4) is 0 Å². The number of rotatable bonds is 9. The van der Waals surface area contributed by atoms with Crippen LogP contribution in [-0.2, 0) is 0 Å². The highest BCUT2D eigenvalue weighted by atomic mass is 35.5. The molecule has 0 aliphatic rings. The van der Waals surface area contributed by atoms with E-state index in [2.05, 4.69) is 33.4 Å². The molecule has 0 aromatic heterocycles. The van der Waals surface area contributed by atoms with E-state index < -0.39 is 0 Å². The molecule has 0 amide bonds. The van der Waals surface area contributed by atoms with E-state index in [4.69, 9.17) is 0 Å². The summed E-state index contributed by atoms with van der Waals surface area (Å²) in [5.41, 5.74) is 0. The zero-order valence-corrected chi connectivity index (χ0v) is 11.5. The van der Waals surface area contributed by atoms with Gasteiger partial charge in [-0.05, 0) is 19.3 Å². The molecule has 0 N–H and O–H groups in total. The highest BCUT2D eigenvalue weighted by Gasteiger charge is 2.22. The van der Waals surface area contributed by atoms with Crippen LogP contribution in [0.4, 0.5) is 0 Å². The lowest BCUT2D eigenvalue weighted by molar-refractivity contribution is -0.928. The van der Waals surface area contributed by atoms with Crippen LogP contribution < -0.4 is 12.4 Å². The first-order valence-corrected chi connectivity index (χ1v) is 6.20. The lowest BCUT2D eigenvalue weighted by atomic mass is 10.2. The molecule has 0 rings (SSSR count). The van der Waals surface area contributed by atoms with Gasteiger partial charge in [0.15, 0.2) is 0 Å². The Morgan fingerprint density at radius 3 is 1.53 bits per heavy atom. The Kier molecular flexibility index (Phi) is 12.2. The first-order valence-electron chi connectivity index (χ1n) is 6.20. The number of halogens is 1. The third kappa shape index (κ3) is 6.97. The zero-order valence-electron chi connectivity index (χ0n) is 10.8. The molecule has 0 saturated carbocycles. The SMILES string of the molecule is C=CCC[N+](CCC)(CCC)CCC.[Cl-]. The molecule has 1 nitrogen and oxygen atoms in total. The standard InChI is InChI=1S/C13H28N.ClH/c1-5-9-13-14(10-6-2,11-7-3)12-8-4;/h5H,1,6-13H2,2-4H3;1H/q+1;/p-1. The Labute approximate surface area is 103 Å². The number of hydrogen-bond donors (Lipinski definition) is 0. The molecular weight excluding hydrogens is 206 g/mol. The van der Waals surface area contributed by atoms with Crippen LogP contribution in [0.25, 0.3) is 0 Å². The Morgan fingerprint density at radius 1 is 0.867 bits per heavy atom. The first kappa shape index (κ1) is 17.4. The average Bonchev–Trinajstić information content (AvgIpc) is 2.16. The fourth-order valence-corrected chi connectivity index (χ4v) is 2.46. The topological polar surface area (TPSA) is 0 Å². The molecule has 0 unspecified atom stereocenters. The minimum absolute atomic E-state index is 0. The predicted octanol–water partition coefficient (Wildman–Crippen LogP) is 0.613. The summed E-state index contributed by atoms with van der Waals surface area (Å²) >= 11 is 0. The van der Waals surface area contributed by atoms with Crippen LogP contribution in [0.5, 0.6) is 0 Å². The second-order valence-electron chi connectivity index (χ2n) is 4.31. The number of nitrogens with zero attached hydrogens (tertiary/aromatic N) is 1. The molecule has 0 aromatic carbocycles. The summed E-state index contributed by atoms with van der Waals surface area (Å²) in [7, 11) is 0. The van der Waals surface area contributed by atoms with E-state index in [0.717, 1.165) is 0 Å². The van der Waals surface area contributed by atoms with Crippen molar-refractivity contribution in [1.29, 1.82) is 0 Å². The lowest BCUT2D eigenvalue weighted by Crippen LogP contribution is -3.00. The summed E-state index contributed by atoms with van der Waals surface area (Å²) in [4.78, 5) is 0. The normalized spacial score (nSPS) is 10.9. The van der Waals surface area contributed by atoms with Crippen molar-refractivity contribution in [3.05, 3.63) is 12.7 Å². The molecule has 0 spiro atoms. The third-order valence-electron chi connectivity index (χ3n) is 2.90. The maximum atomic E-state index is 3.83. The minimum Gasteiger partial charge on any atom is -1.00 e. The van der Waals surface area contributed by atoms with Gasteiger partial charge in [-0.1, -0.05) is 26.8 Å². The van der Waals surface area contributed by atoms with E-state index in [-0.39, 0.29) is 12.4 Å². The van der Waals surface area contributed by atoms with Crippen LogP contribution in [0.3, 0.4) is 0 Å². The van der Waals surface area contributed by atoms with Crippen LogP contribution in [0.2, 0.25) is 0 Å². The van der Waals surface area contributed by atoms with Crippen LogP contribution in [-0.4, -0.2) is 30.7 Å². The molecule has 0 radical (unpaired) electrons. The minimum atomic E-state index is 0. The van der Waals surface area contributed by atoms with Crippen molar-refractivity contribution < 1.29 is 16.9 Å². The van der Waals surface area contributed by atoms with Crippen molar-refractivity contribution in [3.63, 3.8) is 0 Å². The molecule has 0 aliphatic heterocycles. The van der Waals surface area contributed by atoms with Crippen LogP contribution >= 0.6 is 0 Å². The Morgan fingerprint density at radius 2 is 1.27 bits per heavy atom. The molecule has 92 valence electrons. The monoisotopic (exact) mass is 233 g/mol. The molecule has 0 heterocycles. The Hall–Kier alpha value is -0.0100. The van der Waals surface area contributed by atoms with Crippen LogP contribution in [0.15, 0.2) is 12.7 Å². The molecule has 0 atom stereocenters. The number of quaternary nitrogens is 1. The first-order chi connectivity index (χ1) is 6.74. The summed E-state index contributed by atoms with van der Waals surface area (Å²) in [5.74, 6) is 0. The molecule has 0 bridgehead atoms. The second kappa shape index (κ2) is 10.5. The fourth-order valence-electron chi connectivity index (χ4n) is 2.46. The van der Waals surface area contributed by atoms with Gasteiger partial charge in [0.2, 0.25) is 0 Å². The Bertz CT molecular complexity index is 128. The van der Waals surface area contributed by atoms with Gasteiger partial charge < -0.3 is 16.9 Å². The van der Waals surface area contributed by atoms with Gasteiger partial charge >= 0.3 is 0 Å². The van der Waals surface area contributed by atoms with Crippen molar-refractivity contribution >= 4 is 0 Å². The van der Waals surface area contributed by atoms with Gasteiger partial charge in [0.25, 0.3) is 0 Å². The molecule has 0 aromatic rings. The van der Waals surface area contributed by atoms with Crippen molar-refractivity contribution in [2.45, 2.75) is 46.5 Å². The van der Waals surface area contributed by atoms with E-state index in [0.29, 0.717) is 0 Å². The molecule has 0 saturated heterocycles. The quantitative estimate of drug-likeness (QED) is 0.405. The largest absolute Gasteiger partial charge is 1.00 e. The molecule has 2 heteroatoms. The summed E-state index contributed by atoms with van der Waals surface area (Å²) < 4.78 is 1.32. The number of hydrogen-bond acceptors (Lipinski definition) is 0. The summed E-state index contributed by atoms with van der Waals surface area (Å²) in [6.07, 6.45) is 7.14. The van der Waals surface area contributed by atoms with Crippen molar-refractivity contribution in [2.75, 3.05) is 26.2 Å². The Balaban J connectivity index is 0. The van der Waals surface area contributed by atoms with Gasteiger partial charge in [-0.2, -0.15) is 0 Å². The summed E-state index contributed by atoms with van der Waals surface area (Å²) in [5, 5.41) is 0. The van der Waals surface area contributed by atoms with Crippen LogP contribution in [0.1, 0.15) is 46.5 Å². The average molecular weight is 234 g/mol. The molecular formula is C13H28ClN. The van der Waals surface area contributed by atoms with E-state index >= 15 is 0 Å². The molecule has 15 heavy (non-hydrogen) atoms. The highest BCUT2D eigenvalue weighted by Crippen LogP contribution is 2.12. The third-order valence-corrected chi connectivity index (χ3v) is 2.90. The maximum Gasteiger partial charge on any atom is 0.0821 e. The van der Waals surface area contributed by atoms with E-state index in [9.17, 15) is 0 Å². The summed E-state index contributed by atoms with van der Waals surface area (Å²) in [6, 6.07) is 0. The predicted molar refractivity (Wildman–Crippen MR) is 65.4 cm³/mol. The highest BCUT2D eigenvalue weighted by molar-refractivity contribution is 4.65. The smallest absolute Gasteiger partial charge is 0.0821 e. The fraction of sp³-hybridized carbons (Fsp3) is 0.846. The molecule has 0 aliphatic carbocycles. The lowest BCUT2D eigenvalue weighted by Gasteiger charge is -2.38. The molecule has 0 fully saturated rings. The van der Waals surface area contributed by atoms with Gasteiger partial charge in [0.1, 0.15) is 0 Å². The summed E-state index contributed by atoms with van der Waals surface area (Å²) in [6.45, 7) is 16.0. The van der Waals surface area contributed by atoms with E-state index in [1.54, 1.807) is 0 Å². The van der Waals surface area contributed by atoms with Gasteiger partial charge in [0.05, 0.1) is 26.2 Å². The van der Waals surface area contributed by atoms with E-state index in [1.807, 2.05) is 0 Å². The van der Waals surface area contributed by atoms with Gasteiger partial charge in [-0.3, -0.25) is 0 Å². The maximum absolute atomic E-state index is 3.83. The van der Waals surface area contributed by atoms with Gasteiger partial charge in [-0.25, -0.2) is 0 Å². The van der Waals surface area contributed by atoms with Crippen molar-refractivity contribution in [1.82, 2.24) is 0 Å². The second-order valence-corrected chi connectivity index (χ2v) is 4.31.